The van der Waals surface area contributed by atoms with E-state index in [0.717, 1.165) is 12.1 Å². The minimum atomic E-state index is -0.185. The van der Waals surface area contributed by atoms with Gasteiger partial charge in [0.1, 0.15) is 5.69 Å². The zero-order chi connectivity index (χ0) is 9.97. The monoisotopic (exact) mass is 190 g/mol. The Labute approximate surface area is 81.6 Å². The van der Waals surface area contributed by atoms with Gasteiger partial charge in [-0.05, 0) is 13.0 Å². The van der Waals surface area contributed by atoms with E-state index < -0.39 is 0 Å². The molecule has 1 aliphatic rings. The first kappa shape index (κ1) is 8.87. The number of ether oxygens (including phenoxy) is 1. The van der Waals surface area contributed by atoms with E-state index in [9.17, 15) is 4.79 Å². The molecule has 0 aromatic carbocycles. The highest BCUT2D eigenvalue weighted by Gasteiger charge is 2.18. The Morgan fingerprint density at radius 1 is 1.43 bits per heavy atom. The van der Waals surface area contributed by atoms with Crippen LogP contribution in [0.1, 0.15) is 22.6 Å². The van der Waals surface area contributed by atoms with Crippen molar-refractivity contribution in [1.29, 1.82) is 0 Å². The largest absolute Gasteiger partial charge is 0.489 e. The highest BCUT2D eigenvalue weighted by Crippen LogP contribution is 2.13. The molecule has 0 radical (unpaired) electrons. The zero-order valence-electron chi connectivity index (χ0n) is 7.86. The maximum atomic E-state index is 11.7. The van der Waals surface area contributed by atoms with Gasteiger partial charge in [-0.25, -0.2) is 4.98 Å². The quantitative estimate of drug-likeness (QED) is 0.659. The second-order valence-corrected chi connectivity index (χ2v) is 3.08. The molecule has 1 aliphatic heterocycles. The summed E-state index contributed by atoms with van der Waals surface area (Å²) in [7, 11) is 0. The van der Waals surface area contributed by atoms with Crippen LogP contribution < -0.4 is 0 Å². The molecular formula is C10H10N2O2. The van der Waals surface area contributed by atoms with Crippen LogP contribution in [0.2, 0.25) is 0 Å². The molecular weight excluding hydrogens is 180 g/mol. The molecule has 0 fully saturated rings. The summed E-state index contributed by atoms with van der Waals surface area (Å²) < 4.78 is 5.14. The molecule has 14 heavy (non-hydrogen) atoms. The lowest BCUT2D eigenvalue weighted by molar-refractivity contribution is 0.0937. The van der Waals surface area contributed by atoms with Crippen molar-refractivity contribution in [2.75, 3.05) is 6.61 Å². The molecule has 0 N–H and O–H groups in total. The number of hydrogen-bond acceptors (Lipinski definition) is 4. The summed E-state index contributed by atoms with van der Waals surface area (Å²) in [6.45, 7) is 2.41. The van der Waals surface area contributed by atoms with Crippen molar-refractivity contribution in [2.24, 2.45) is 0 Å². The summed E-state index contributed by atoms with van der Waals surface area (Å²) in [6.07, 6.45) is 5.62. The van der Waals surface area contributed by atoms with E-state index in [1.807, 2.05) is 6.92 Å². The third-order valence-electron chi connectivity index (χ3n) is 1.94. The molecule has 1 aromatic heterocycles. The van der Waals surface area contributed by atoms with Crippen LogP contribution in [0.15, 0.2) is 24.2 Å². The first-order valence-corrected chi connectivity index (χ1v) is 4.43. The normalized spacial score (nSPS) is 14.8. The second kappa shape index (κ2) is 3.57. The summed E-state index contributed by atoms with van der Waals surface area (Å²) >= 11 is 0. The molecule has 0 aliphatic carbocycles. The molecule has 0 unspecified atom stereocenters. The summed E-state index contributed by atoms with van der Waals surface area (Å²) in [4.78, 5) is 19.7. The van der Waals surface area contributed by atoms with E-state index in [1.165, 1.54) is 6.20 Å². The summed E-state index contributed by atoms with van der Waals surface area (Å²) in [6, 6.07) is 0. The molecule has 0 saturated heterocycles. The molecule has 0 bridgehead atoms. The molecule has 2 rings (SSSR count). The lowest BCUT2D eigenvalue weighted by atomic mass is 10.2. The number of ketones is 1. The fraction of sp³-hybridized carbons (Fsp3) is 0.300. The Morgan fingerprint density at radius 3 is 2.86 bits per heavy atom. The van der Waals surface area contributed by atoms with Gasteiger partial charge in [-0.1, -0.05) is 0 Å². The minimum Gasteiger partial charge on any atom is -0.489 e. The average Bonchev–Trinajstić information content (AvgIpc) is 2.71. The molecule has 4 nitrogen and oxygen atoms in total. The number of Topliss-reactive ketones (excluding diaryl/α,β-unsaturated/α-hetero) is 1. The number of carbonyl (C=O) groups excluding carboxylic acids is 1. The van der Waals surface area contributed by atoms with E-state index in [2.05, 4.69) is 9.97 Å². The van der Waals surface area contributed by atoms with Crippen LogP contribution in [0.25, 0.3) is 0 Å². The predicted octanol–water partition coefficient (Wildman–Crippen LogP) is 1.27. The van der Waals surface area contributed by atoms with E-state index in [-0.39, 0.29) is 5.78 Å². The maximum absolute atomic E-state index is 11.7. The standard InChI is InChI=1S/C10H10N2O2/c1-7-5-12-8(6-11-7)10(13)9-3-2-4-14-9/h3,5-6H,2,4H2,1H3. The van der Waals surface area contributed by atoms with Gasteiger partial charge >= 0.3 is 0 Å². The van der Waals surface area contributed by atoms with Crippen LogP contribution in [-0.2, 0) is 4.74 Å². The van der Waals surface area contributed by atoms with Gasteiger partial charge in [-0.3, -0.25) is 9.78 Å². The highest BCUT2D eigenvalue weighted by molar-refractivity contribution is 6.05. The van der Waals surface area contributed by atoms with Crippen LogP contribution in [0.5, 0.6) is 0 Å². The molecule has 4 heteroatoms. The van der Waals surface area contributed by atoms with Gasteiger partial charge in [0.05, 0.1) is 18.5 Å². The number of nitrogens with zero attached hydrogens (tertiary/aromatic N) is 2. The van der Waals surface area contributed by atoms with Crippen LogP contribution in [0.3, 0.4) is 0 Å². The van der Waals surface area contributed by atoms with Crippen molar-refractivity contribution in [3.05, 3.63) is 35.6 Å². The molecule has 0 saturated carbocycles. The van der Waals surface area contributed by atoms with Crippen LogP contribution in [0, 0.1) is 6.92 Å². The van der Waals surface area contributed by atoms with Gasteiger partial charge < -0.3 is 4.74 Å². The molecule has 0 spiro atoms. The number of aromatic nitrogens is 2. The fourth-order valence-corrected chi connectivity index (χ4v) is 1.21. The zero-order valence-corrected chi connectivity index (χ0v) is 7.86. The Hall–Kier alpha value is -1.71. The number of carbonyl (C=O) groups is 1. The van der Waals surface area contributed by atoms with Crippen LogP contribution in [0.4, 0.5) is 0 Å². The number of hydrogen-bond donors (Lipinski definition) is 0. The fourth-order valence-electron chi connectivity index (χ4n) is 1.21. The third-order valence-corrected chi connectivity index (χ3v) is 1.94. The van der Waals surface area contributed by atoms with Gasteiger partial charge in [-0.15, -0.1) is 0 Å². The minimum absolute atomic E-state index is 0.185. The van der Waals surface area contributed by atoms with Crippen molar-refractivity contribution in [3.8, 4) is 0 Å². The van der Waals surface area contributed by atoms with E-state index in [0.29, 0.717) is 18.1 Å². The SMILES string of the molecule is Cc1cnc(C(=O)C2=CCCO2)cn1. The van der Waals surface area contributed by atoms with Crippen molar-refractivity contribution in [1.82, 2.24) is 9.97 Å². The predicted molar refractivity (Wildman–Crippen MR) is 49.8 cm³/mol. The molecule has 2 heterocycles. The number of allylic oxidation sites excluding steroid dienone is 1. The Bertz CT molecular complexity index is 382. The lowest BCUT2D eigenvalue weighted by Gasteiger charge is -2.01. The van der Waals surface area contributed by atoms with Gasteiger partial charge in [0.2, 0.25) is 5.78 Å². The van der Waals surface area contributed by atoms with E-state index >= 15 is 0 Å². The molecule has 0 amide bonds. The average molecular weight is 190 g/mol. The third kappa shape index (κ3) is 1.64. The van der Waals surface area contributed by atoms with Gasteiger partial charge in [0.25, 0.3) is 0 Å². The van der Waals surface area contributed by atoms with Gasteiger partial charge in [-0.2, -0.15) is 0 Å². The first-order valence-electron chi connectivity index (χ1n) is 4.43. The lowest BCUT2D eigenvalue weighted by Crippen LogP contribution is -2.07. The first-order chi connectivity index (χ1) is 6.77. The highest BCUT2D eigenvalue weighted by atomic mass is 16.5. The molecule has 72 valence electrons. The summed E-state index contributed by atoms with van der Waals surface area (Å²) in [5.74, 6) is 0.207. The molecule has 1 aromatic rings. The number of rotatable bonds is 2. The number of aryl methyl sites for hydroxylation is 1. The second-order valence-electron chi connectivity index (χ2n) is 3.08. The Kier molecular flexibility index (Phi) is 2.26. The van der Waals surface area contributed by atoms with Gasteiger partial charge in [0, 0.05) is 12.6 Å². The van der Waals surface area contributed by atoms with Crippen LogP contribution >= 0.6 is 0 Å². The van der Waals surface area contributed by atoms with E-state index in [4.69, 9.17) is 4.74 Å². The van der Waals surface area contributed by atoms with Crippen molar-refractivity contribution >= 4 is 5.78 Å². The molecule has 0 atom stereocenters. The van der Waals surface area contributed by atoms with Crippen LogP contribution in [-0.4, -0.2) is 22.4 Å². The summed E-state index contributed by atoms with van der Waals surface area (Å²) in [5, 5.41) is 0. The summed E-state index contributed by atoms with van der Waals surface area (Å²) in [5.41, 5.74) is 1.13. The topological polar surface area (TPSA) is 52.1 Å². The Balaban J connectivity index is 2.22. The smallest absolute Gasteiger partial charge is 0.247 e. The van der Waals surface area contributed by atoms with Crippen molar-refractivity contribution in [2.45, 2.75) is 13.3 Å². The van der Waals surface area contributed by atoms with Gasteiger partial charge in [0.15, 0.2) is 5.76 Å². The van der Waals surface area contributed by atoms with E-state index in [1.54, 1.807) is 12.3 Å². The van der Waals surface area contributed by atoms with Crippen molar-refractivity contribution in [3.63, 3.8) is 0 Å². The maximum Gasteiger partial charge on any atom is 0.247 e. The Morgan fingerprint density at radius 2 is 2.29 bits per heavy atom. The van der Waals surface area contributed by atoms with Crippen molar-refractivity contribution < 1.29 is 9.53 Å².